The molecule has 0 saturated heterocycles. The van der Waals surface area contributed by atoms with Crippen LogP contribution >= 0.6 is 21.3 Å². The second-order valence-corrected chi connectivity index (χ2v) is 8.30. The van der Waals surface area contributed by atoms with Crippen LogP contribution in [0, 0.1) is 7.43 Å². The smallest absolute Gasteiger partial charge is 0.0767 e. The second-order valence-electron chi connectivity index (χ2n) is 6.20. The van der Waals surface area contributed by atoms with Gasteiger partial charge in [-0.3, -0.25) is 0 Å². The van der Waals surface area contributed by atoms with Crippen LogP contribution < -0.4 is 0 Å². The maximum atomic E-state index is 12.7. The summed E-state index contributed by atoms with van der Waals surface area (Å²) in [6, 6.07) is 23.3. The molecule has 30 heavy (non-hydrogen) atoms. The quantitative estimate of drug-likeness (QED) is 0.230. The third-order valence-corrected chi connectivity index (χ3v) is 5.65. The summed E-state index contributed by atoms with van der Waals surface area (Å²) in [6.07, 6.45) is 0. The summed E-state index contributed by atoms with van der Waals surface area (Å²) >= 11 is 7.68. The Labute approximate surface area is 198 Å². The van der Waals surface area contributed by atoms with Gasteiger partial charge in [-0.15, -0.1) is 12.1 Å². The first kappa shape index (κ1) is 26.8. The van der Waals surface area contributed by atoms with E-state index >= 15 is 0 Å². The Balaban J connectivity index is 0.00000146. The third kappa shape index (κ3) is 8.11. The van der Waals surface area contributed by atoms with E-state index in [2.05, 4.69) is 14.4 Å². The molecule has 4 nitrogen and oxygen atoms in total. The Kier molecular flexibility index (Phi) is 11.8. The molecular formula is C22H22Cl2N2O2RuS. The van der Waals surface area contributed by atoms with Gasteiger partial charge in [0.05, 0.1) is 15.8 Å². The molecule has 2 atom stereocenters. The summed E-state index contributed by atoms with van der Waals surface area (Å²) in [6.45, 7) is 0. The molecule has 0 amide bonds. The molecule has 0 spiro atoms. The van der Waals surface area contributed by atoms with E-state index in [9.17, 15) is 8.42 Å². The molecule has 0 aliphatic heterocycles. The van der Waals surface area contributed by atoms with Crippen molar-refractivity contribution in [2.24, 2.45) is 0 Å². The van der Waals surface area contributed by atoms with Crippen molar-refractivity contribution in [2.75, 3.05) is 0 Å². The van der Waals surface area contributed by atoms with Crippen LogP contribution in [-0.4, -0.2) is 8.42 Å². The molecule has 1 N–H and O–H groups in total. The van der Waals surface area contributed by atoms with Gasteiger partial charge in [-0.25, -0.2) is 8.42 Å². The third-order valence-electron chi connectivity index (χ3n) is 4.15. The number of hydrogen-bond donors (Lipinski definition) is 0. The van der Waals surface area contributed by atoms with E-state index < -0.39 is 22.1 Å². The van der Waals surface area contributed by atoms with Crippen LogP contribution in [0.25, 0.3) is 10.5 Å². The van der Waals surface area contributed by atoms with Crippen molar-refractivity contribution >= 4 is 31.3 Å². The number of nitrogens with zero attached hydrogens (tertiary/aromatic N) is 1. The van der Waals surface area contributed by atoms with Gasteiger partial charge in [-0.05, 0) is 17.7 Å². The molecule has 2 unspecified atom stereocenters. The molecule has 3 rings (SSSR count). The number of sulfonamides is 1. The van der Waals surface area contributed by atoms with Gasteiger partial charge in [0.1, 0.15) is 0 Å². The standard InChI is InChI=1S/C21H19ClN2O2S.CH3.ClH.Ru/c22-19-13-11-16(12-14-19)15-27(25,26)24-21(18-9-5-2-6-10-18)20(23)17-7-3-1-4-8-17;;;/h1-14,20-21,23H,15H2;1H3;1H;/q-2;-1;;+4/p-1. The molecule has 0 fully saturated rings. The van der Waals surface area contributed by atoms with Crippen molar-refractivity contribution in [1.82, 2.24) is 0 Å². The predicted molar refractivity (Wildman–Crippen MR) is 122 cm³/mol. The predicted octanol–water partition coefficient (Wildman–Crippen LogP) is 7.22. The van der Waals surface area contributed by atoms with E-state index in [0.717, 1.165) is 5.56 Å². The summed E-state index contributed by atoms with van der Waals surface area (Å²) in [5, 5.41) is 0.547. The minimum atomic E-state index is -3.79. The molecule has 160 valence electrons. The van der Waals surface area contributed by atoms with Crippen LogP contribution in [0.3, 0.4) is 0 Å². The summed E-state index contributed by atoms with van der Waals surface area (Å²) in [5.41, 5.74) is 10.6. The van der Waals surface area contributed by atoms with Gasteiger partial charge in [0.15, 0.2) is 0 Å². The average Bonchev–Trinajstić information content (AvgIpc) is 2.76. The molecule has 0 bridgehead atoms. The molecule has 0 aliphatic rings. The Morgan fingerprint density at radius 1 is 0.833 bits per heavy atom. The normalized spacial score (nSPS) is 12.6. The molecular weight excluding hydrogens is 528 g/mol. The molecule has 0 radical (unpaired) electrons. The van der Waals surface area contributed by atoms with Crippen molar-refractivity contribution in [1.29, 1.82) is 0 Å². The molecule has 0 saturated carbocycles. The van der Waals surface area contributed by atoms with Crippen LogP contribution in [0.15, 0.2) is 84.9 Å². The van der Waals surface area contributed by atoms with Crippen molar-refractivity contribution < 1.29 is 25.7 Å². The van der Waals surface area contributed by atoms with E-state index in [1.54, 1.807) is 36.4 Å². The van der Waals surface area contributed by atoms with E-state index in [0.29, 0.717) is 16.1 Å². The second kappa shape index (κ2) is 13.2. The number of halogens is 2. The number of hydrogen-bond acceptors (Lipinski definition) is 2. The largest absolute Gasteiger partial charge is 0.672 e. The maximum Gasteiger partial charge on any atom is 0.0767 e. The first-order valence-corrected chi connectivity index (χ1v) is 12.8. The van der Waals surface area contributed by atoms with Crippen LogP contribution in [0.4, 0.5) is 0 Å². The van der Waals surface area contributed by atoms with E-state index in [1.807, 2.05) is 65.8 Å². The molecule has 3 aromatic carbocycles. The van der Waals surface area contributed by atoms with E-state index in [4.69, 9.17) is 17.3 Å². The van der Waals surface area contributed by atoms with Crippen LogP contribution in [0.1, 0.15) is 28.8 Å². The first-order chi connectivity index (χ1) is 13.9. The fraction of sp³-hybridized carbons (Fsp3) is 0.136. The van der Waals surface area contributed by atoms with Gasteiger partial charge in [0, 0.05) is 5.02 Å². The van der Waals surface area contributed by atoms with Crippen molar-refractivity contribution in [3.8, 4) is 0 Å². The Morgan fingerprint density at radius 3 is 1.80 bits per heavy atom. The fourth-order valence-electron chi connectivity index (χ4n) is 2.81. The zero-order valence-corrected chi connectivity index (χ0v) is 20.3. The van der Waals surface area contributed by atoms with Crippen molar-refractivity contribution in [3.63, 3.8) is 0 Å². The zero-order chi connectivity index (χ0) is 21.3. The Bertz CT molecular complexity index is 973. The summed E-state index contributed by atoms with van der Waals surface area (Å²) in [7, 11) is 0.783. The fourth-order valence-corrected chi connectivity index (χ4v) is 4.21. The zero-order valence-electron chi connectivity index (χ0n) is 16.2. The first-order valence-electron chi connectivity index (χ1n) is 8.58. The number of nitrogens with one attached hydrogen (secondary N) is 1. The molecule has 0 heterocycles. The SMILES string of the molecule is [CH3-].[Cl][Ru+3].[NH-]C(c1ccccc1)C([N-]S(=O)(=O)Cc1ccc(Cl)cc1)c1ccccc1. The molecule has 0 aliphatic carbocycles. The van der Waals surface area contributed by atoms with Crippen LogP contribution in [0.2, 0.25) is 5.02 Å². The average molecular weight is 550 g/mol. The molecule has 3 aromatic rings. The Hall–Kier alpha value is -1.27. The van der Waals surface area contributed by atoms with Gasteiger partial charge >= 0.3 is 27.0 Å². The van der Waals surface area contributed by atoms with Crippen LogP contribution in [0.5, 0.6) is 0 Å². The topological polar surface area (TPSA) is 72.0 Å². The van der Waals surface area contributed by atoms with Gasteiger partial charge in [0.25, 0.3) is 0 Å². The summed E-state index contributed by atoms with van der Waals surface area (Å²) in [4.78, 5) is 0. The van der Waals surface area contributed by atoms with Gasteiger partial charge < -0.3 is 17.9 Å². The van der Waals surface area contributed by atoms with Gasteiger partial charge in [0.2, 0.25) is 0 Å². The van der Waals surface area contributed by atoms with Crippen LogP contribution in [-0.2, 0) is 33.1 Å². The molecule has 8 heteroatoms. The summed E-state index contributed by atoms with van der Waals surface area (Å²) in [5.74, 6) is -0.227. The van der Waals surface area contributed by atoms with Gasteiger partial charge in [-0.1, -0.05) is 95.5 Å². The maximum absolute atomic E-state index is 12.7. The minimum absolute atomic E-state index is 0. The molecule has 0 aromatic heterocycles. The van der Waals surface area contributed by atoms with Crippen molar-refractivity contribution in [3.05, 3.63) is 125 Å². The van der Waals surface area contributed by atoms with Gasteiger partial charge in [-0.2, -0.15) is 0 Å². The number of benzene rings is 3. The van der Waals surface area contributed by atoms with E-state index in [1.165, 1.54) is 0 Å². The minimum Gasteiger partial charge on any atom is -0.672 e. The monoisotopic (exact) mass is 550 g/mol. The summed E-state index contributed by atoms with van der Waals surface area (Å²) < 4.78 is 29.6. The van der Waals surface area contributed by atoms with E-state index in [-0.39, 0.29) is 13.2 Å². The Morgan fingerprint density at radius 2 is 1.30 bits per heavy atom. The number of rotatable bonds is 7. The van der Waals surface area contributed by atoms with Crippen molar-refractivity contribution in [2.45, 2.75) is 17.8 Å².